The van der Waals surface area contributed by atoms with Gasteiger partial charge in [-0.3, -0.25) is 10.6 Å². The van der Waals surface area contributed by atoms with E-state index >= 15 is 0 Å². The highest BCUT2D eigenvalue weighted by molar-refractivity contribution is 5.95. The number of nitrogens with one attached hydrogen (secondary N) is 2. The fraction of sp³-hybridized carbons (Fsp3) is 0.462. The monoisotopic (exact) mass is 271 g/mol. The van der Waals surface area contributed by atoms with E-state index in [1.54, 1.807) is 0 Å². The molecule has 0 unspecified atom stereocenters. The summed E-state index contributed by atoms with van der Waals surface area (Å²) in [5, 5.41) is 2.74. The normalized spacial score (nSPS) is 11.3. The van der Waals surface area contributed by atoms with Crippen LogP contribution in [0.1, 0.15) is 44.0 Å². The smallest absolute Gasteiger partial charge is 0.251 e. The third-order valence-corrected chi connectivity index (χ3v) is 2.78. The Kier molecular flexibility index (Phi) is 4.83. The molecular formula is C13H19F2N3O. The van der Waals surface area contributed by atoms with Crippen LogP contribution in [0, 0.1) is 11.6 Å². The molecular weight excluding hydrogens is 252 g/mol. The molecule has 0 bridgehead atoms. The molecule has 0 radical (unpaired) electrons. The van der Waals surface area contributed by atoms with E-state index < -0.39 is 28.8 Å². The fourth-order valence-electron chi connectivity index (χ4n) is 1.91. The summed E-state index contributed by atoms with van der Waals surface area (Å²) in [5.41, 5.74) is 0.964. The first kappa shape index (κ1) is 15.4. The number of halogens is 2. The van der Waals surface area contributed by atoms with E-state index in [2.05, 4.69) is 5.32 Å². The summed E-state index contributed by atoms with van der Waals surface area (Å²) in [6.45, 7) is 5.71. The van der Waals surface area contributed by atoms with Crippen molar-refractivity contribution >= 4 is 11.6 Å². The van der Waals surface area contributed by atoms with Gasteiger partial charge in [0.15, 0.2) is 11.6 Å². The molecule has 0 aliphatic carbocycles. The minimum absolute atomic E-state index is 0.0711. The molecule has 0 fully saturated rings. The number of rotatable bonds is 5. The molecule has 1 aromatic carbocycles. The summed E-state index contributed by atoms with van der Waals surface area (Å²) in [6.07, 6.45) is 1.66. The van der Waals surface area contributed by atoms with Crippen LogP contribution in [0.3, 0.4) is 0 Å². The lowest BCUT2D eigenvalue weighted by Crippen LogP contribution is -2.43. The van der Waals surface area contributed by atoms with Crippen molar-refractivity contribution in [2.24, 2.45) is 5.84 Å². The van der Waals surface area contributed by atoms with Crippen molar-refractivity contribution in [2.75, 3.05) is 5.43 Å². The zero-order valence-corrected chi connectivity index (χ0v) is 11.3. The van der Waals surface area contributed by atoms with Gasteiger partial charge in [-0.1, -0.05) is 13.3 Å². The molecule has 0 aliphatic rings. The van der Waals surface area contributed by atoms with Crippen molar-refractivity contribution in [3.05, 3.63) is 29.3 Å². The second-order valence-corrected chi connectivity index (χ2v) is 5.05. The maximum atomic E-state index is 13.5. The minimum Gasteiger partial charge on any atom is -0.347 e. The van der Waals surface area contributed by atoms with Gasteiger partial charge in [0, 0.05) is 11.1 Å². The molecule has 0 saturated carbocycles. The van der Waals surface area contributed by atoms with Crippen LogP contribution in [0.25, 0.3) is 0 Å². The van der Waals surface area contributed by atoms with Crippen molar-refractivity contribution in [1.29, 1.82) is 0 Å². The van der Waals surface area contributed by atoms with Gasteiger partial charge in [-0.15, -0.1) is 0 Å². The Morgan fingerprint density at radius 1 is 1.32 bits per heavy atom. The van der Waals surface area contributed by atoms with Gasteiger partial charge >= 0.3 is 0 Å². The first-order valence-corrected chi connectivity index (χ1v) is 6.09. The van der Waals surface area contributed by atoms with Crippen LogP contribution in [-0.2, 0) is 0 Å². The van der Waals surface area contributed by atoms with E-state index in [0.29, 0.717) is 0 Å². The van der Waals surface area contributed by atoms with Crippen molar-refractivity contribution in [3.8, 4) is 0 Å². The first-order valence-electron chi connectivity index (χ1n) is 6.09. The summed E-state index contributed by atoms with van der Waals surface area (Å²) in [6, 6.07) is 1.91. The summed E-state index contributed by atoms with van der Waals surface area (Å²) in [4.78, 5) is 11.9. The van der Waals surface area contributed by atoms with E-state index in [1.807, 2.05) is 26.2 Å². The zero-order chi connectivity index (χ0) is 14.6. The Hall–Kier alpha value is -1.69. The number of amides is 1. The van der Waals surface area contributed by atoms with Crippen LogP contribution in [0.4, 0.5) is 14.5 Å². The minimum atomic E-state index is -0.902. The van der Waals surface area contributed by atoms with Gasteiger partial charge in [0.05, 0.1) is 0 Å². The molecule has 106 valence electrons. The van der Waals surface area contributed by atoms with Gasteiger partial charge in [-0.2, -0.15) is 0 Å². The third kappa shape index (κ3) is 3.89. The lowest BCUT2D eigenvalue weighted by molar-refractivity contribution is 0.0908. The Bertz CT molecular complexity index is 452. The maximum Gasteiger partial charge on any atom is 0.251 e. The molecule has 4 nitrogen and oxygen atoms in total. The van der Waals surface area contributed by atoms with Crippen LogP contribution in [0.15, 0.2) is 12.1 Å². The van der Waals surface area contributed by atoms with Gasteiger partial charge in [0.25, 0.3) is 5.91 Å². The van der Waals surface area contributed by atoms with E-state index in [4.69, 9.17) is 5.84 Å². The lowest BCUT2D eigenvalue weighted by atomic mass is 9.98. The predicted octanol–water partition coefficient (Wildman–Crippen LogP) is 2.56. The van der Waals surface area contributed by atoms with Crippen LogP contribution >= 0.6 is 0 Å². The molecule has 4 N–H and O–H groups in total. The highest BCUT2D eigenvalue weighted by Crippen LogP contribution is 2.20. The van der Waals surface area contributed by atoms with Crippen LogP contribution < -0.4 is 16.6 Å². The zero-order valence-electron chi connectivity index (χ0n) is 11.3. The topological polar surface area (TPSA) is 67.2 Å². The van der Waals surface area contributed by atoms with Crippen molar-refractivity contribution in [3.63, 3.8) is 0 Å². The molecule has 1 rings (SSSR count). The number of hydrazine groups is 1. The number of hydrogen-bond acceptors (Lipinski definition) is 3. The quantitative estimate of drug-likeness (QED) is 0.569. The first-order chi connectivity index (χ1) is 8.80. The summed E-state index contributed by atoms with van der Waals surface area (Å²) >= 11 is 0. The van der Waals surface area contributed by atoms with E-state index in [1.165, 1.54) is 0 Å². The van der Waals surface area contributed by atoms with Crippen LogP contribution in [-0.4, -0.2) is 11.4 Å². The molecule has 0 atom stereocenters. The Balaban J connectivity index is 2.95. The average Bonchev–Trinajstić information content (AvgIpc) is 2.27. The Morgan fingerprint density at radius 3 is 2.26 bits per heavy atom. The number of hydrogen-bond donors (Lipinski definition) is 3. The van der Waals surface area contributed by atoms with E-state index in [-0.39, 0.29) is 5.56 Å². The van der Waals surface area contributed by atoms with Gasteiger partial charge in [0.1, 0.15) is 5.69 Å². The number of carbonyl (C=O) groups is 1. The molecule has 0 saturated heterocycles. The number of nitrogen functional groups attached to an aromatic ring is 1. The number of benzene rings is 1. The molecule has 0 aromatic heterocycles. The predicted molar refractivity (Wildman–Crippen MR) is 70.6 cm³/mol. The number of nitrogens with two attached hydrogens (primary N) is 1. The lowest BCUT2D eigenvalue weighted by Gasteiger charge is -2.25. The largest absolute Gasteiger partial charge is 0.347 e. The molecule has 1 aromatic rings. The van der Waals surface area contributed by atoms with E-state index in [0.717, 1.165) is 25.0 Å². The SMILES string of the molecule is CCCC(C)(C)NC(=O)c1cc(F)c(NN)c(F)c1. The number of carbonyl (C=O) groups excluding carboxylic acids is 1. The highest BCUT2D eigenvalue weighted by Gasteiger charge is 2.21. The second kappa shape index (κ2) is 5.97. The van der Waals surface area contributed by atoms with Gasteiger partial charge in [-0.25, -0.2) is 8.78 Å². The molecule has 1 amide bonds. The Labute approximate surface area is 111 Å². The van der Waals surface area contributed by atoms with Crippen molar-refractivity contribution in [2.45, 2.75) is 39.2 Å². The number of anilines is 1. The summed E-state index contributed by atoms with van der Waals surface area (Å²) < 4.78 is 27.0. The van der Waals surface area contributed by atoms with Crippen molar-refractivity contribution < 1.29 is 13.6 Å². The fourth-order valence-corrected chi connectivity index (χ4v) is 1.91. The standard InChI is InChI=1S/C13H19F2N3O/c1-4-5-13(2,3)17-12(19)8-6-9(14)11(18-16)10(15)7-8/h6-7,18H,4-5,16H2,1-3H3,(H,17,19). The summed E-state index contributed by atoms with van der Waals surface area (Å²) in [5.74, 6) is 2.67. The molecule has 0 heterocycles. The molecule has 19 heavy (non-hydrogen) atoms. The van der Waals surface area contributed by atoms with Gasteiger partial charge in [0.2, 0.25) is 0 Å². The Morgan fingerprint density at radius 2 is 1.84 bits per heavy atom. The molecule has 6 heteroatoms. The van der Waals surface area contributed by atoms with E-state index in [9.17, 15) is 13.6 Å². The average molecular weight is 271 g/mol. The molecule has 0 spiro atoms. The second-order valence-electron chi connectivity index (χ2n) is 5.05. The van der Waals surface area contributed by atoms with Gasteiger partial charge in [-0.05, 0) is 32.4 Å². The van der Waals surface area contributed by atoms with Crippen molar-refractivity contribution in [1.82, 2.24) is 5.32 Å². The van der Waals surface area contributed by atoms with Gasteiger partial charge < -0.3 is 10.7 Å². The highest BCUT2D eigenvalue weighted by atomic mass is 19.1. The maximum absolute atomic E-state index is 13.5. The van der Waals surface area contributed by atoms with Crippen LogP contribution in [0.2, 0.25) is 0 Å². The summed E-state index contributed by atoms with van der Waals surface area (Å²) in [7, 11) is 0. The van der Waals surface area contributed by atoms with Crippen LogP contribution in [0.5, 0.6) is 0 Å². The molecule has 0 aliphatic heterocycles. The third-order valence-electron chi connectivity index (χ3n) is 2.78.